The number of aromatic nitrogens is 3. The monoisotopic (exact) mass is 554 g/mol. The van der Waals surface area contributed by atoms with Crippen molar-refractivity contribution in [1.82, 2.24) is 14.5 Å². The molecule has 1 saturated heterocycles. The maximum Gasteiger partial charge on any atom is 0.530 e. The first-order valence-electron chi connectivity index (χ1n) is 11.4. The van der Waals surface area contributed by atoms with Gasteiger partial charge >= 0.3 is 19.5 Å². The number of hydrogen-bond donors (Lipinski definition) is 2. The molecule has 0 amide bonds. The fourth-order valence-electron chi connectivity index (χ4n) is 3.42. The van der Waals surface area contributed by atoms with Gasteiger partial charge in [-0.05, 0) is 39.8 Å². The number of aliphatic hydroxyl groups excluding tert-OH is 1. The van der Waals surface area contributed by atoms with Crippen molar-refractivity contribution in [3.63, 3.8) is 0 Å². The second-order valence-corrected chi connectivity index (χ2v) is 9.95. The molecule has 0 spiro atoms. The number of anilines is 1. The highest BCUT2D eigenvalue weighted by molar-refractivity contribution is 7.49. The van der Waals surface area contributed by atoms with E-state index in [1.807, 2.05) is 0 Å². The lowest BCUT2D eigenvalue weighted by Gasteiger charge is -2.24. The summed E-state index contributed by atoms with van der Waals surface area (Å²) < 4.78 is 56.9. The minimum atomic E-state index is -4.60. The number of phosphoric ester groups is 1. The number of carbonyl (C=O) groups is 1. The van der Waals surface area contributed by atoms with Crippen molar-refractivity contribution in [1.29, 1.82) is 0 Å². The van der Waals surface area contributed by atoms with Crippen molar-refractivity contribution >= 4 is 19.7 Å². The Hall–Kier alpha value is -3.34. The van der Waals surface area contributed by atoms with Gasteiger partial charge in [-0.3, -0.25) is 13.6 Å². The summed E-state index contributed by atoms with van der Waals surface area (Å²) >= 11 is 0. The fraction of sp³-hybridized carbons (Fsp3) is 0.478. The van der Waals surface area contributed by atoms with Crippen LogP contribution in [-0.4, -0.2) is 62.3 Å². The molecule has 1 fully saturated rings. The van der Waals surface area contributed by atoms with Crippen LogP contribution in [0.3, 0.4) is 0 Å². The minimum Gasteiger partial charge on any atom is -0.461 e. The molecule has 0 bridgehead atoms. The number of nitrogens with zero attached hydrogens (tertiary/aromatic N) is 3. The summed E-state index contributed by atoms with van der Waals surface area (Å²) in [6.07, 6.45) is -6.28. The highest BCUT2D eigenvalue weighted by Gasteiger charge is 2.58. The van der Waals surface area contributed by atoms with Crippen LogP contribution in [0.4, 0.5) is 10.3 Å². The van der Waals surface area contributed by atoms with Gasteiger partial charge in [-0.2, -0.15) is 4.98 Å². The molecule has 1 aromatic heterocycles. The van der Waals surface area contributed by atoms with E-state index in [9.17, 15) is 19.3 Å². The molecule has 1 aliphatic rings. The van der Waals surface area contributed by atoms with E-state index in [1.165, 1.54) is 26.0 Å². The van der Waals surface area contributed by atoms with E-state index in [-0.39, 0.29) is 11.7 Å². The summed E-state index contributed by atoms with van der Waals surface area (Å²) in [5, 5.41) is 10.8. The highest BCUT2D eigenvalue weighted by atomic mass is 31.2. The van der Waals surface area contributed by atoms with E-state index in [0.717, 1.165) is 6.33 Å². The summed E-state index contributed by atoms with van der Waals surface area (Å²) in [7, 11) is -4.60. The lowest BCUT2D eigenvalue weighted by Crippen LogP contribution is -2.44. The first-order chi connectivity index (χ1) is 17.9. The van der Waals surface area contributed by atoms with E-state index in [4.69, 9.17) is 28.8 Å². The summed E-state index contributed by atoms with van der Waals surface area (Å²) in [5.41, 5.74) is 1.58. The first kappa shape index (κ1) is 29.2. The Labute approximate surface area is 217 Å². The average molecular weight is 554 g/mol. The van der Waals surface area contributed by atoms with Gasteiger partial charge in [-0.1, -0.05) is 24.1 Å². The maximum absolute atomic E-state index is 15.9. The van der Waals surface area contributed by atoms with E-state index in [2.05, 4.69) is 21.8 Å². The number of halogens is 1. The zero-order chi connectivity index (χ0) is 28.1. The van der Waals surface area contributed by atoms with Gasteiger partial charge in [0.1, 0.15) is 24.3 Å². The Morgan fingerprint density at radius 1 is 1.34 bits per heavy atom. The molecule has 15 heteroatoms. The Morgan fingerprint density at radius 2 is 2.03 bits per heavy atom. The third-order valence-electron chi connectivity index (χ3n) is 5.09. The Morgan fingerprint density at radius 3 is 2.63 bits per heavy atom. The minimum absolute atomic E-state index is 0.0771. The normalized spacial score (nSPS) is 25.2. The van der Waals surface area contributed by atoms with Crippen LogP contribution in [0.5, 0.6) is 5.75 Å². The molecule has 0 saturated carbocycles. The molecule has 2 heterocycles. The number of nitrogens with two attached hydrogens (primary N) is 1. The molecule has 38 heavy (non-hydrogen) atoms. The molecule has 0 aliphatic carbocycles. The molecular formula is C23H28FN4O9P. The van der Waals surface area contributed by atoms with Gasteiger partial charge < -0.3 is 24.8 Å². The number of aliphatic hydroxyl groups is 1. The van der Waals surface area contributed by atoms with Gasteiger partial charge in [-0.15, -0.1) is 5.92 Å². The van der Waals surface area contributed by atoms with Crippen LogP contribution in [0.15, 0.2) is 41.5 Å². The number of nitrogen functional groups attached to an aromatic ring is 1. The number of benzene rings is 1. The molecule has 1 aromatic carbocycles. The van der Waals surface area contributed by atoms with Crippen molar-refractivity contribution in [2.75, 3.05) is 12.3 Å². The predicted octanol–water partition coefficient (Wildman–Crippen LogP) is 1.77. The smallest absolute Gasteiger partial charge is 0.461 e. The predicted molar refractivity (Wildman–Crippen MR) is 130 cm³/mol. The Kier molecular flexibility index (Phi) is 9.24. The van der Waals surface area contributed by atoms with Gasteiger partial charge in [0.2, 0.25) is 11.6 Å². The van der Waals surface area contributed by atoms with Gasteiger partial charge in [-0.25, -0.2) is 23.5 Å². The number of para-hydroxylation sites is 1. The van der Waals surface area contributed by atoms with Crippen molar-refractivity contribution in [2.24, 2.45) is 0 Å². The van der Waals surface area contributed by atoms with Gasteiger partial charge in [0.25, 0.3) is 0 Å². The third-order valence-corrected chi connectivity index (χ3v) is 6.56. The highest BCUT2D eigenvalue weighted by Crippen LogP contribution is 2.52. The van der Waals surface area contributed by atoms with E-state index >= 15 is 4.39 Å². The van der Waals surface area contributed by atoms with Gasteiger partial charge in [0.05, 0.1) is 12.7 Å². The van der Waals surface area contributed by atoms with E-state index < -0.39 is 62.4 Å². The number of alkyl halides is 1. The third kappa shape index (κ3) is 6.75. The van der Waals surface area contributed by atoms with Crippen molar-refractivity contribution in [3.8, 4) is 17.6 Å². The molecule has 3 N–H and O–H groups in total. The number of hydrogen-bond acceptors (Lipinski definition) is 12. The van der Waals surface area contributed by atoms with E-state index in [0.29, 0.717) is 4.57 Å². The van der Waals surface area contributed by atoms with Crippen molar-refractivity contribution in [2.45, 2.75) is 64.0 Å². The number of rotatable bonds is 10. The van der Waals surface area contributed by atoms with Crippen LogP contribution in [0.25, 0.3) is 0 Å². The zero-order valence-corrected chi connectivity index (χ0v) is 21.9. The molecule has 1 unspecified atom stereocenters. The van der Waals surface area contributed by atoms with Crippen LogP contribution in [0.1, 0.15) is 33.9 Å². The molecule has 13 nitrogen and oxygen atoms in total. The standard InChI is InChI=1S/C23H28FN4O9P/c1-5-11-23(24)18(29)17(35-20(23)28-13-26-21(25)27-22(28)31)12-33-38(32,37-16-9-7-6-8-10-16)36-15(4)19(30)34-14(2)3/h6-10,13-15,17-18,20,29H,12H2,1-4H3,(H2,25,27,31)/t15-,17+,18-,20+,23?,38-/m0/s1. The van der Waals surface area contributed by atoms with Crippen LogP contribution >= 0.6 is 7.82 Å². The SMILES string of the molecule is CC#CC1(F)[C@@H](O)[C@@H](CO[P@](=O)(Oc2ccccc2)O[C@@H](C)C(=O)OC(C)C)O[C@H]1n1cnc(N)nc1=O. The molecule has 206 valence electrons. The topological polar surface area (TPSA) is 174 Å². The van der Waals surface area contributed by atoms with Crippen molar-refractivity contribution < 1.29 is 41.9 Å². The van der Waals surface area contributed by atoms with E-state index in [1.54, 1.807) is 32.0 Å². The Balaban J connectivity index is 1.86. The molecule has 1 aliphatic heterocycles. The van der Waals surface area contributed by atoms with Gasteiger partial charge in [0.15, 0.2) is 12.3 Å². The lowest BCUT2D eigenvalue weighted by molar-refractivity contribution is -0.156. The molecule has 0 radical (unpaired) electrons. The lowest BCUT2D eigenvalue weighted by atomic mass is 9.96. The molecule has 2 aromatic rings. The second-order valence-electron chi connectivity index (χ2n) is 8.40. The number of carbonyl (C=O) groups excluding carboxylic acids is 1. The van der Waals surface area contributed by atoms with Crippen LogP contribution in [0, 0.1) is 11.8 Å². The largest absolute Gasteiger partial charge is 0.530 e. The first-order valence-corrected chi connectivity index (χ1v) is 12.9. The second kappa shape index (κ2) is 12.0. The Bertz CT molecular complexity index is 1300. The van der Waals surface area contributed by atoms with Crippen LogP contribution in [-0.2, 0) is 27.9 Å². The number of ether oxygens (including phenoxy) is 2. The zero-order valence-electron chi connectivity index (χ0n) is 21.0. The average Bonchev–Trinajstić information content (AvgIpc) is 3.08. The van der Waals surface area contributed by atoms with Gasteiger partial charge in [0, 0.05) is 0 Å². The summed E-state index contributed by atoms with van der Waals surface area (Å²) in [6, 6.07) is 7.80. The summed E-state index contributed by atoms with van der Waals surface area (Å²) in [5.74, 6) is 3.45. The van der Waals surface area contributed by atoms with Crippen LogP contribution < -0.4 is 15.9 Å². The summed E-state index contributed by atoms with van der Waals surface area (Å²) in [4.78, 5) is 31.6. The molecule has 3 rings (SSSR count). The maximum atomic E-state index is 15.9. The van der Waals surface area contributed by atoms with Crippen LogP contribution in [0.2, 0.25) is 0 Å². The number of esters is 1. The van der Waals surface area contributed by atoms with Crippen molar-refractivity contribution in [3.05, 3.63) is 47.1 Å². The summed E-state index contributed by atoms with van der Waals surface area (Å²) in [6.45, 7) is 5.09. The quantitative estimate of drug-likeness (QED) is 0.248. The number of phosphoric acid groups is 1. The molecular weight excluding hydrogens is 526 g/mol. The fourth-order valence-corrected chi connectivity index (χ4v) is 4.76. The molecule has 6 atom stereocenters.